The SMILES string of the molecule is C=C(/N=C(\N=C(/N)c1ccccc1)c1cccc(-c2cccc3c2oc2ccccc23)c1)c1ccc(-c2nc3cc4c(cc3c3c2sc2ccccc23)CCC=C4)cc1. The van der Waals surface area contributed by atoms with Crippen molar-refractivity contribution in [2.75, 3.05) is 0 Å². The third-order valence-corrected chi connectivity index (χ3v) is 12.5. The number of fused-ring (bicyclic) bond motifs is 9. The number of amidine groups is 2. The fraction of sp³-hybridized carbons (Fsp3) is 0.0377. The number of para-hydroxylation sites is 2. The number of nitrogens with zero attached hydrogens (tertiary/aromatic N) is 3. The lowest BCUT2D eigenvalue weighted by atomic mass is 9.93. The summed E-state index contributed by atoms with van der Waals surface area (Å²) in [5, 5.41) is 5.93. The zero-order valence-electron chi connectivity index (χ0n) is 32.0. The zero-order chi connectivity index (χ0) is 39.5. The highest BCUT2D eigenvalue weighted by Gasteiger charge is 2.19. The molecule has 0 saturated heterocycles. The number of allylic oxidation sites excluding steroid dienone is 1. The second-order valence-electron chi connectivity index (χ2n) is 15.0. The summed E-state index contributed by atoms with van der Waals surface area (Å²) in [5.41, 5.74) is 19.1. The van der Waals surface area contributed by atoms with Gasteiger partial charge in [-0.15, -0.1) is 11.3 Å². The molecule has 6 heteroatoms. The summed E-state index contributed by atoms with van der Waals surface area (Å²) in [5.74, 6) is 0.823. The Kier molecular flexibility index (Phi) is 8.38. The molecule has 2 N–H and O–H groups in total. The van der Waals surface area contributed by atoms with Gasteiger partial charge in [0.15, 0.2) is 5.84 Å². The first kappa shape index (κ1) is 34.8. The molecule has 0 amide bonds. The Morgan fingerprint density at radius 1 is 0.661 bits per heavy atom. The fourth-order valence-electron chi connectivity index (χ4n) is 8.36. The van der Waals surface area contributed by atoms with Crippen LogP contribution in [0.15, 0.2) is 185 Å². The average Bonchev–Trinajstić information content (AvgIpc) is 3.88. The number of nitrogens with two attached hydrogens (primary N) is 1. The van der Waals surface area contributed by atoms with Crippen molar-refractivity contribution in [1.82, 2.24) is 4.98 Å². The van der Waals surface area contributed by atoms with Crippen LogP contribution in [0.1, 0.15) is 34.2 Å². The van der Waals surface area contributed by atoms with E-state index in [2.05, 4.69) is 116 Å². The number of pyridine rings is 1. The summed E-state index contributed by atoms with van der Waals surface area (Å²) in [4.78, 5) is 15.4. The molecule has 7 aromatic carbocycles. The van der Waals surface area contributed by atoms with E-state index in [9.17, 15) is 0 Å². The smallest absolute Gasteiger partial charge is 0.162 e. The van der Waals surface area contributed by atoms with E-state index in [4.69, 9.17) is 25.1 Å². The molecule has 0 fully saturated rings. The Bertz CT molecular complexity index is 3410. The van der Waals surface area contributed by atoms with Crippen molar-refractivity contribution in [2.45, 2.75) is 12.8 Å². The Morgan fingerprint density at radius 3 is 2.31 bits per heavy atom. The van der Waals surface area contributed by atoms with Crippen LogP contribution in [0.5, 0.6) is 0 Å². The van der Waals surface area contributed by atoms with Crippen molar-refractivity contribution in [3.05, 3.63) is 198 Å². The lowest BCUT2D eigenvalue weighted by molar-refractivity contribution is 0.670. The Balaban J connectivity index is 1.00. The first-order valence-electron chi connectivity index (χ1n) is 19.8. The molecule has 3 heterocycles. The molecule has 0 aliphatic heterocycles. The summed E-state index contributed by atoms with van der Waals surface area (Å²) < 4.78 is 8.86. The van der Waals surface area contributed by atoms with Crippen LogP contribution in [0.4, 0.5) is 0 Å². The molecule has 0 radical (unpaired) electrons. The number of hydrogen-bond donors (Lipinski definition) is 1. The Labute approximate surface area is 344 Å². The maximum Gasteiger partial charge on any atom is 0.162 e. The van der Waals surface area contributed by atoms with Gasteiger partial charge in [-0.2, -0.15) is 0 Å². The van der Waals surface area contributed by atoms with E-state index in [1.54, 1.807) is 0 Å². The van der Waals surface area contributed by atoms with Crippen LogP contribution in [-0.2, 0) is 6.42 Å². The molecule has 1 aliphatic rings. The first-order valence-corrected chi connectivity index (χ1v) is 20.6. The number of aromatic nitrogens is 1. The third-order valence-electron chi connectivity index (χ3n) is 11.3. The molecular formula is C53H36N4OS. The molecule has 0 spiro atoms. The topological polar surface area (TPSA) is 76.8 Å². The van der Waals surface area contributed by atoms with E-state index in [1.165, 1.54) is 36.7 Å². The third kappa shape index (κ3) is 6.13. The Hall–Kier alpha value is -7.41. The van der Waals surface area contributed by atoms with Gasteiger partial charge in [-0.1, -0.05) is 146 Å². The van der Waals surface area contributed by atoms with Gasteiger partial charge in [0, 0.05) is 53.9 Å². The van der Waals surface area contributed by atoms with Crippen molar-refractivity contribution < 1.29 is 4.42 Å². The van der Waals surface area contributed by atoms with Crippen LogP contribution in [0.2, 0.25) is 0 Å². The highest BCUT2D eigenvalue weighted by Crippen LogP contribution is 2.44. The quantitative estimate of drug-likeness (QED) is 0.135. The predicted molar refractivity (Wildman–Crippen MR) is 249 cm³/mol. The van der Waals surface area contributed by atoms with Gasteiger partial charge in [0.25, 0.3) is 0 Å². The zero-order valence-corrected chi connectivity index (χ0v) is 32.8. The van der Waals surface area contributed by atoms with E-state index < -0.39 is 0 Å². The minimum absolute atomic E-state index is 0.365. The minimum atomic E-state index is 0.365. The molecule has 0 bridgehead atoms. The molecule has 5 nitrogen and oxygen atoms in total. The fourth-order valence-corrected chi connectivity index (χ4v) is 9.59. The van der Waals surface area contributed by atoms with E-state index in [0.29, 0.717) is 17.4 Å². The highest BCUT2D eigenvalue weighted by molar-refractivity contribution is 7.26. The number of furan rings is 1. The lowest BCUT2D eigenvalue weighted by Crippen LogP contribution is -2.16. The van der Waals surface area contributed by atoms with Crippen LogP contribution in [-0.4, -0.2) is 16.7 Å². The van der Waals surface area contributed by atoms with Gasteiger partial charge in [0.05, 0.1) is 21.6 Å². The van der Waals surface area contributed by atoms with Crippen LogP contribution in [0, 0.1) is 0 Å². The van der Waals surface area contributed by atoms with Crippen molar-refractivity contribution in [1.29, 1.82) is 0 Å². The monoisotopic (exact) mass is 776 g/mol. The molecule has 0 atom stereocenters. The van der Waals surface area contributed by atoms with E-state index in [-0.39, 0.29) is 0 Å². The van der Waals surface area contributed by atoms with Crippen molar-refractivity contribution in [3.63, 3.8) is 0 Å². The highest BCUT2D eigenvalue weighted by atomic mass is 32.1. The second kappa shape index (κ2) is 14.2. The standard InChI is InChI=1S/C53H36N4OS/c1-32(33-25-27-34(28-26-33)49-51-48(43-20-8-10-24-47(43)59-51)44-30-36-15-5-6-16-37(36)31-45(44)56-49)55-53(57-52(54)35-13-3-2-4-14-35)39-18-11-17-38(29-39)40-21-12-22-42-41-19-7-9-23-46(41)58-50(40)42/h2-4,6-14,16-31H,1,5,15H2,(H2,54,55,57). The maximum absolute atomic E-state index is 6.66. The van der Waals surface area contributed by atoms with Crippen LogP contribution in [0.25, 0.3) is 87.2 Å². The number of rotatable bonds is 6. The molecule has 10 aromatic rings. The van der Waals surface area contributed by atoms with Gasteiger partial charge in [-0.25, -0.2) is 15.0 Å². The van der Waals surface area contributed by atoms with Gasteiger partial charge in [0.2, 0.25) is 0 Å². The van der Waals surface area contributed by atoms with Crippen LogP contribution in [0.3, 0.4) is 0 Å². The van der Waals surface area contributed by atoms with Crippen molar-refractivity contribution >= 4 is 87.8 Å². The molecule has 0 saturated carbocycles. The van der Waals surface area contributed by atoms with Gasteiger partial charge in [0.1, 0.15) is 17.0 Å². The largest absolute Gasteiger partial charge is 0.455 e. The molecule has 280 valence electrons. The molecule has 3 aromatic heterocycles. The number of aliphatic imine (C=N–C) groups is 2. The van der Waals surface area contributed by atoms with Gasteiger partial charge >= 0.3 is 0 Å². The number of benzene rings is 7. The lowest BCUT2D eigenvalue weighted by Gasteiger charge is -2.14. The van der Waals surface area contributed by atoms with Crippen LogP contribution >= 0.6 is 11.3 Å². The number of hydrogen-bond acceptors (Lipinski definition) is 4. The van der Waals surface area contributed by atoms with Crippen LogP contribution < -0.4 is 5.73 Å². The van der Waals surface area contributed by atoms with E-state index in [0.717, 1.165) is 79.4 Å². The second-order valence-corrected chi connectivity index (χ2v) is 16.0. The van der Waals surface area contributed by atoms with Gasteiger partial charge < -0.3 is 10.2 Å². The molecule has 0 unspecified atom stereocenters. The van der Waals surface area contributed by atoms with E-state index in [1.807, 2.05) is 72.0 Å². The summed E-state index contributed by atoms with van der Waals surface area (Å²) in [6.07, 6.45) is 6.62. The van der Waals surface area contributed by atoms with Gasteiger partial charge in [-0.3, -0.25) is 0 Å². The Morgan fingerprint density at radius 2 is 1.42 bits per heavy atom. The minimum Gasteiger partial charge on any atom is -0.455 e. The summed E-state index contributed by atoms with van der Waals surface area (Å²) in [6.45, 7) is 4.45. The van der Waals surface area contributed by atoms with Crippen molar-refractivity contribution in [3.8, 4) is 22.4 Å². The summed E-state index contributed by atoms with van der Waals surface area (Å²) >= 11 is 1.81. The summed E-state index contributed by atoms with van der Waals surface area (Å²) in [7, 11) is 0. The molecule has 1 aliphatic carbocycles. The normalized spacial score (nSPS) is 13.2. The molecule has 59 heavy (non-hydrogen) atoms. The number of thiophene rings is 1. The van der Waals surface area contributed by atoms with Crippen molar-refractivity contribution in [2.24, 2.45) is 15.7 Å². The predicted octanol–water partition coefficient (Wildman–Crippen LogP) is 13.6. The molecule has 11 rings (SSSR count). The first-order chi connectivity index (χ1) is 29.1. The molecular weight excluding hydrogens is 741 g/mol. The maximum atomic E-state index is 6.66. The van der Waals surface area contributed by atoms with Gasteiger partial charge in [-0.05, 0) is 65.4 Å². The number of aryl methyl sites for hydroxylation is 1. The average molecular weight is 777 g/mol. The summed E-state index contributed by atoms with van der Waals surface area (Å²) in [6, 6.07) is 54.1. The van der Waals surface area contributed by atoms with E-state index >= 15 is 0 Å².